The minimum absolute atomic E-state index is 0.263. The molecular weight excluding hydrogens is 292 g/mol. The smallest absolute Gasteiger partial charge is 0.333 e. The summed E-state index contributed by atoms with van der Waals surface area (Å²) in [6, 6.07) is 6.01. The Morgan fingerprint density at radius 2 is 1.90 bits per heavy atom. The van der Waals surface area contributed by atoms with Gasteiger partial charge in [-0.1, -0.05) is 43.6 Å². The van der Waals surface area contributed by atoms with Gasteiger partial charge >= 0.3 is 6.03 Å². The van der Waals surface area contributed by atoms with Gasteiger partial charge in [-0.05, 0) is 24.0 Å². The van der Waals surface area contributed by atoms with E-state index in [0.717, 1.165) is 5.56 Å². The number of nitrogens with one attached hydrogen (secondary N) is 3. The number of carbonyl (C=O) groups excluding carboxylic acids is 2. The van der Waals surface area contributed by atoms with Crippen molar-refractivity contribution in [3.63, 3.8) is 0 Å². The van der Waals surface area contributed by atoms with Crippen molar-refractivity contribution in [2.24, 2.45) is 11.7 Å². The second kappa shape index (κ2) is 8.49. The van der Waals surface area contributed by atoms with Crippen molar-refractivity contribution in [2.75, 3.05) is 0 Å². The number of urea groups is 1. The molecule has 0 aliphatic carbocycles. The minimum atomic E-state index is -0.645. The highest BCUT2D eigenvalue weighted by Gasteiger charge is 2.15. The Bertz CT molecular complexity index is 494. The zero-order valence-electron chi connectivity index (χ0n) is 12.2. The number of hydrazine groups is 1. The number of carbonyl (C=O) groups is 2. The summed E-state index contributed by atoms with van der Waals surface area (Å²) in [5, 5.41) is 3.15. The fraction of sp³-hybridized carbons (Fsp3) is 0.429. The SMILES string of the molecule is CC(C)C[C@H](N)C(=O)NNC(=O)NCc1ccccc1Cl. The highest BCUT2D eigenvalue weighted by molar-refractivity contribution is 6.31. The van der Waals surface area contributed by atoms with Crippen molar-refractivity contribution in [1.82, 2.24) is 16.2 Å². The number of hydrogen-bond donors (Lipinski definition) is 4. The quantitative estimate of drug-likeness (QED) is 0.621. The molecule has 0 aromatic heterocycles. The fourth-order valence-corrected chi connectivity index (χ4v) is 1.89. The van der Waals surface area contributed by atoms with Gasteiger partial charge in [-0.15, -0.1) is 0 Å². The molecule has 1 aromatic rings. The summed E-state index contributed by atoms with van der Waals surface area (Å²) < 4.78 is 0. The van der Waals surface area contributed by atoms with Gasteiger partial charge in [-0.2, -0.15) is 0 Å². The largest absolute Gasteiger partial charge is 0.333 e. The first-order valence-electron chi connectivity index (χ1n) is 6.72. The van der Waals surface area contributed by atoms with Crippen LogP contribution in [0.25, 0.3) is 0 Å². The molecule has 5 N–H and O–H groups in total. The lowest BCUT2D eigenvalue weighted by Crippen LogP contribution is -2.52. The maximum atomic E-state index is 11.6. The van der Waals surface area contributed by atoms with Gasteiger partial charge in [0.2, 0.25) is 0 Å². The molecule has 0 spiro atoms. The van der Waals surface area contributed by atoms with E-state index in [2.05, 4.69) is 16.2 Å². The second-order valence-electron chi connectivity index (χ2n) is 5.12. The zero-order chi connectivity index (χ0) is 15.8. The standard InChI is InChI=1S/C14H21ClN4O2/c1-9(2)7-12(16)13(20)18-19-14(21)17-8-10-5-3-4-6-11(10)15/h3-6,9,12H,7-8,16H2,1-2H3,(H,18,20)(H2,17,19,21)/t12-/m0/s1. The Balaban J connectivity index is 2.31. The van der Waals surface area contributed by atoms with Crippen molar-refractivity contribution < 1.29 is 9.59 Å². The molecule has 7 heteroatoms. The first-order valence-corrected chi connectivity index (χ1v) is 7.10. The van der Waals surface area contributed by atoms with E-state index in [1.54, 1.807) is 12.1 Å². The third kappa shape index (κ3) is 6.46. The molecule has 21 heavy (non-hydrogen) atoms. The van der Waals surface area contributed by atoms with Crippen molar-refractivity contribution in [3.8, 4) is 0 Å². The van der Waals surface area contributed by atoms with E-state index in [0.29, 0.717) is 17.4 Å². The van der Waals surface area contributed by atoms with E-state index in [-0.39, 0.29) is 6.54 Å². The van der Waals surface area contributed by atoms with Crippen LogP contribution < -0.4 is 21.9 Å². The summed E-state index contributed by atoms with van der Waals surface area (Å²) >= 11 is 5.97. The van der Waals surface area contributed by atoms with Crippen molar-refractivity contribution in [1.29, 1.82) is 0 Å². The highest BCUT2D eigenvalue weighted by Crippen LogP contribution is 2.13. The molecule has 0 aliphatic heterocycles. The van der Waals surface area contributed by atoms with Gasteiger partial charge in [0.1, 0.15) is 0 Å². The number of hydrogen-bond acceptors (Lipinski definition) is 3. The molecule has 0 unspecified atom stereocenters. The first-order chi connectivity index (χ1) is 9.90. The molecule has 3 amide bonds. The van der Waals surface area contributed by atoms with Crippen LogP contribution in [0, 0.1) is 5.92 Å². The normalized spacial score (nSPS) is 11.9. The van der Waals surface area contributed by atoms with Crippen LogP contribution in [-0.4, -0.2) is 18.0 Å². The van der Waals surface area contributed by atoms with E-state index >= 15 is 0 Å². The molecule has 0 heterocycles. The van der Waals surface area contributed by atoms with Crippen molar-refractivity contribution >= 4 is 23.5 Å². The minimum Gasteiger partial charge on any atom is -0.333 e. The van der Waals surface area contributed by atoms with Crippen LogP contribution in [0.1, 0.15) is 25.8 Å². The van der Waals surface area contributed by atoms with E-state index in [1.807, 2.05) is 26.0 Å². The number of amides is 3. The Morgan fingerprint density at radius 3 is 2.52 bits per heavy atom. The predicted molar refractivity (Wildman–Crippen MR) is 82.4 cm³/mol. The summed E-state index contributed by atoms with van der Waals surface area (Å²) in [7, 11) is 0. The van der Waals surface area contributed by atoms with Crippen LogP contribution in [-0.2, 0) is 11.3 Å². The monoisotopic (exact) mass is 312 g/mol. The van der Waals surface area contributed by atoms with Gasteiger partial charge in [0.25, 0.3) is 5.91 Å². The van der Waals surface area contributed by atoms with Crippen LogP contribution >= 0.6 is 11.6 Å². The Labute approximate surface area is 129 Å². The molecule has 0 saturated heterocycles. The summed E-state index contributed by atoms with van der Waals surface area (Å²) in [4.78, 5) is 23.2. The van der Waals surface area contributed by atoms with Gasteiger partial charge in [-0.3, -0.25) is 10.2 Å². The molecule has 6 nitrogen and oxygen atoms in total. The molecule has 1 aromatic carbocycles. The average molecular weight is 313 g/mol. The van der Waals surface area contributed by atoms with Crippen LogP contribution in [0.4, 0.5) is 4.79 Å². The molecule has 0 radical (unpaired) electrons. The van der Waals surface area contributed by atoms with Gasteiger partial charge < -0.3 is 11.1 Å². The molecule has 0 bridgehead atoms. The van der Waals surface area contributed by atoms with Gasteiger partial charge in [-0.25, -0.2) is 10.2 Å². The van der Waals surface area contributed by atoms with E-state index in [1.165, 1.54) is 0 Å². The van der Waals surface area contributed by atoms with E-state index in [4.69, 9.17) is 17.3 Å². The third-order valence-electron chi connectivity index (χ3n) is 2.76. The lowest BCUT2D eigenvalue weighted by Gasteiger charge is -2.15. The summed E-state index contributed by atoms with van der Waals surface area (Å²) in [6.07, 6.45) is 0.550. The average Bonchev–Trinajstić information content (AvgIpc) is 2.43. The number of benzene rings is 1. The molecule has 116 valence electrons. The lowest BCUT2D eigenvalue weighted by molar-refractivity contribution is -0.123. The molecule has 0 fully saturated rings. The van der Waals surface area contributed by atoms with E-state index < -0.39 is 18.0 Å². The Hall–Kier alpha value is -1.79. The summed E-state index contributed by atoms with van der Waals surface area (Å²) in [5.41, 5.74) is 11.0. The van der Waals surface area contributed by atoms with Crippen LogP contribution in [0.15, 0.2) is 24.3 Å². The summed E-state index contributed by atoms with van der Waals surface area (Å²) in [5.74, 6) is -0.114. The number of nitrogens with two attached hydrogens (primary N) is 1. The molecule has 1 atom stereocenters. The molecule has 1 rings (SSSR count). The van der Waals surface area contributed by atoms with Crippen LogP contribution in [0.2, 0.25) is 5.02 Å². The fourth-order valence-electron chi connectivity index (χ4n) is 1.69. The zero-order valence-corrected chi connectivity index (χ0v) is 12.9. The summed E-state index contributed by atoms with van der Waals surface area (Å²) in [6.45, 7) is 4.20. The van der Waals surface area contributed by atoms with Gasteiger partial charge in [0.15, 0.2) is 0 Å². The predicted octanol–water partition coefficient (Wildman–Crippen LogP) is 1.54. The second-order valence-corrected chi connectivity index (χ2v) is 5.53. The van der Waals surface area contributed by atoms with Gasteiger partial charge in [0.05, 0.1) is 6.04 Å². The third-order valence-corrected chi connectivity index (χ3v) is 3.13. The molecule has 0 saturated carbocycles. The Kier molecular flexibility index (Phi) is 6.98. The Morgan fingerprint density at radius 1 is 1.24 bits per heavy atom. The van der Waals surface area contributed by atoms with Crippen LogP contribution in [0.3, 0.4) is 0 Å². The number of halogens is 1. The maximum absolute atomic E-state index is 11.6. The van der Waals surface area contributed by atoms with Crippen LogP contribution in [0.5, 0.6) is 0 Å². The maximum Gasteiger partial charge on any atom is 0.333 e. The first kappa shape index (κ1) is 17.3. The van der Waals surface area contributed by atoms with Crippen molar-refractivity contribution in [2.45, 2.75) is 32.9 Å². The topological polar surface area (TPSA) is 96.2 Å². The van der Waals surface area contributed by atoms with Crippen molar-refractivity contribution in [3.05, 3.63) is 34.9 Å². The molecular formula is C14H21ClN4O2. The number of rotatable bonds is 5. The molecule has 0 aliphatic rings. The van der Waals surface area contributed by atoms with Gasteiger partial charge in [0, 0.05) is 11.6 Å². The lowest BCUT2D eigenvalue weighted by atomic mass is 10.0. The van der Waals surface area contributed by atoms with E-state index in [9.17, 15) is 9.59 Å². The highest BCUT2D eigenvalue weighted by atomic mass is 35.5.